The molecule has 0 aliphatic carbocycles. The molecule has 1 aliphatic rings. The molecule has 0 spiro atoms. The predicted molar refractivity (Wildman–Crippen MR) is 102 cm³/mol. The summed E-state index contributed by atoms with van der Waals surface area (Å²) in [5, 5.41) is 13.7. The molecule has 0 aromatic heterocycles. The van der Waals surface area contributed by atoms with Crippen molar-refractivity contribution in [1.82, 2.24) is 4.90 Å². The number of hydrogen-bond donors (Lipinski definition) is 1. The highest BCUT2D eigenvalue weighted by Crippen LogP contribution is 2.23. The van der Waals surface area contributed by atoms with E-state index in [0.29, 0.717) is 31.5 Å². The smallest absolute Gasteiger partial charge is 0.269 e. The summed E-state index contributed by atoms with van der Waals surface area (Å²) in [5.74, 6) is -0.320. The molecule has 0 bridgehead atoms. The third kappa shape index (κ3) is 4.31. The first-order chi connectivity index (χ1) is 13.0. The number of benzene rings is 2. The number of carbonyl (C=O) groups excluding carboxylic acids is 2. The van der Waals surface area contributed by atoms with Crippen LogP contribution in [0.5, 0.6) is 0 Å². The minimum absolute atomic E-state index is 0.0215. The number of nitrogens with zero attached hydrogens (tertiary/aromatic N) is 2. The van der Waals surface area contributed by atoms with Crippen LogP contribution in [0.15, 0.2) is 48.5 Å². The fourth-order valence-electron chi connectivity index (χ4n) is 3.20. The molecular weight excluding hydrogens is 346 g/mol. The van der Waals surface area contributed by atoms with Gasteiger partial charge < -0.3 is 10.2 Å². The molecule has 1 N–H and O–H groups in total. The zero-order valence-electron chi connectivity index (χ0n) is 15.1. The van der Waals surface area contributed by atoms with Crippen molar-refractivity contribution < 1.29 is 14.5 Å². The molecule has 2 aromatic carbocycles. The summed E-state index contributed by atoms with van der Waals surface area (Å²) in [6.07, 6.45) is 1.19. The first kappa shape index (κ1) is 18.6. The summed E-state index contributed by atoms with van der Waals surface area (Å²) >= 11 is 0. The number of para-hydroxylation sites is 1. The summed E-state index contributed by atoms with van der Waals surface area (Å²) in [6, 6.07) is 13.2. The van der Waals surface area contributed by atoms with Gasteiger partial charge in [-0.1, -0.05) is 18.2 Å². The molecular formula is C20H21N3O4. The van der Waals surface area contributed by atoms with Crippen LogP contribution >= 0.6 is 0 Å². The normalized spacial score (nSPS) is 14.6. The Morgan fingerprint density at radius 1 is 1.07 bits per heavy atom. The molecule has 27 heavy (non-hydrogen) atoms. The van der Waals surface area contributed by atoms with Gasteiger partial charge in [0.25, 0.3) is 11.6 Å². The molecule has 0 saturated carbocycles. The van der Waals surface area contributed by atoms with E-state index in [0.717, 1.165) is 11.3 Å². The van der Waals surface area contributed by atoms with Crippen molar-refractivity contribution >= 4 is 23.2 Å². The maximum atomic E-state index is 12.5. The van der Waals surface area contributed by atoms with Gasteiger partial charge in [-0.15, -0.1) is 0 Å². The van der Waals surface area contributed by atoms with E-state index in [-0.39, 0.29) is 23.4 Å². The standard InChI is InChI=1S/C20H21N3O4/c1-14-4-2-3-5-18(14)21-19(24)15-10-12-22(13-11-15)20(25)16-6-8-17(9-7-16)23(26)27/h2-9,15H,10-13H2,1H3,(H,21,24). The van der Waals surface area contributed by atoms with Crippen molar-refractivity contribution in [3.63, 3.8) is 0 Å². The number of anilines is 1. The van der Waals surface area contributed by atoms with Gasteiger partial charge in [-0.3, -0.25) is 19.7 Å². The van der Waals surface area contributed by atoms with E-state index >= 15 is 0 Å². The summed E-state index contributed by atoms with van der Waals surface area (Å²) in [7, 11) is 0. The Hall–Kier alpha value is -3.22. The summed E-state index contributed by atoms with van der Waals surface area (Å²) in [5.41, 5.74) is 2.20. The highest BCUT2D eigenvalue weighted by atomic mass is 16.6. The van der Waals surface area contributed by atoms with Crippen molar-refractivity contribution in [2.75, 3.05) is 18.4 Å². The Labute approximate surface area is 157 Å². The lowest BCUT2D eigenvalue weighted by molar-refractivity contribution is -0.384. The van der Waals surface area contributed by atoms with Crippen LogP contribution in [0.25, 0.3) is 0 Å². The number of piperidine rings is 1. The average molecular weight is 367 g/mol. The van der Waals surface area contributed by atoms with Crippen molar-refractivity contribution in [3.8, 4) is 0 Å². The number of nitrogens with one attached hydrogen (secondary N) is 1. The first-order valence-corrected chi connectivity index (χ1v) is 8.86. The number of carbonyl (C=O) groups is 2. The monoisotopic (exact) mass is 367 g/mol. The lowest BCUT2D eigenvalue weighted by Gasteiger charge is -2.31. The van der Waals surface area contributed by atoms with Gasteiger partial charge in [-0.25, -0.2) is 0 Å². The Morgan fingerprint density at radius 3 is 2.30 bits per heavy atom. The van der Waals surface area contributed by atoms with Gasteiger partial charge in [0.15, 0.2) is 0 Å². The highest BCUT2D eigenvalue weighted by molar-refractivity contribution is 5.95. The van der Waals surface area contributed by atoms with Crippen LogP contribution in [0, 0.1) is 23.0 Å². The van der Waals surface area contributed by atoms with Gasteiger partial charge in [0.2, 0.25) is 5.91 Å². The van der Waals surface area contributed by atoms with E-state index in [1.165, 1.54) is 24.3 Å². The van der Waals surface area contributed by atoms with Gasteiger partial charge in [0.1, 0.15) is 0 Å². The van der Waals surface area contributed by atoms with Crippen LogP contribution in [0.2, 0.25) is 0 Å². The fraction of sp³-hybridized carbons (Fsp3) is 0.300. The van der Waals surface area contributed by atoms with Gasteiger partial charge in [0, 0.05) is 42.4 Å². The minimum Gasteiger partial charge on any atom is -0.339 e. The van der Waals surface area contributed by atoms with Crippen LogP contribution < -0.4 is 5.32 Å². The van der Waals surface area contributed by atoms with E-state index in [2.05, 4.69) is 5.32 Å². The lowest BCUT2D eigenvalue weighted by Crippen LogP contribution is -2.41. The second-order valence-corrected chi connectivity index (χ2v) is 6.67. The molecule has 0 unspecified atom stereocenters. The maximum Gasteiger partial charge on any atom is 0.269 e. The molecule has 1 heterocycles. The van der Waals surface area contributed by atoms with Crippen LogP contribution in [-0.2, 0) is 4.79 Å². The van der Waals surface area contributed by atoms with Gasteiger partial charge in [0.05, 0.1) is 4.92 Å². The van der Waals surface area contributed by atoms with Gasteiger partial charge in [-0.05, 0) is 43.5 Å². The third-order valence-electron chi connectivity index (χ3n) is 4.88. The predicted octanol–water partition coefficient (Wildman–Crippen LogP) is 3.39. The largest absolute Gasteiger partial charge is 0.339 e. The number of nitro groups is 1. The number of nitro benzene ring substituents is 1. The summed E-state index contributed by atoms with van der Waals surface area (Å²) < 4.78 is 0. The minimum atomic E-state index is -0.493. The Bertz CT molecular complexity index is 856. The SMILES string of the molecule is Cc1ccccc1NC(=O)C1CCN(C(=O)c2ccc([N+](=O)[O-])cc2)CC1. The zero-order valence-corrected chi connectivity index (χ0v) is 15.1. The van der Waals surface area contributed by atoms with E-state index < -0.39 is 4.92 Å². The molecule has 3 rings (SSSR count). The van der Waals surface area contributed by atoms with Crippen LogP contribution in [0.3, 0.4) is 0 Å². The van der Waals surface area contributed by atoms with Crippen LogP contribution in [0.4, 0.5) is 11.4 Å². The van der Waals surface area contributed by atoms with Crippen LogP contribution in [0.1, 0.15) is 28.8 Å². The molecule has 140 valence electrons. The highest BCUT2D eigenvalue weighted by Gasteiger charge is 2.28. The number of non-ortho nitro benzene ring substituents is 1. The van der Waals surface area contributed by atoms with E-state index in [4.69, 9.17) is 0 Å². The van der Waals surface area contributed by atoms with E-state index in [1.807, 2.05) is 31.2 Å². The number of amides is 2. The molecule has 1 saturated heterocycles. The third-order valence-corrected chi connectivity index (χ3v) is 4.88. The average Bonchev–Trinajstić information content (AvgIpc) is 2.69. The lowest BCUT2D eigenvalue weighted by atomic mass is 9.95. The second-order valence-electron chi connectivity index (χ2n) is 6.67. The fourth-order valence-corrected chi connectivity index (χ4v) is 3.20. The Kier molecular flexibility index (Phi) is 5.49. The van der Waals surface area contributed by atoms with E-state index in [9.17, 15) is 19.7 Å². The molecule has 2 aromatic rings. The maximum absolute atomic E-state index is 12.5. The van der Waals surface area contributed by atoms with Gasteiger partial charge in [-0.2, -0.15) is 0 Å². The van der Waals surface area contributed by atoms with Crippen LogP contribution in [-0.4, -0.2) is 34.7 Å². The summed E-state index contributed by atoms with van der Waals surface area (Å²) in [6.45, 7) is 2.92. The molecule has 7 nitrogen and oxygen atoms in total. The number of likely N-dealkylation sites (tertiary alicyclic amines) is 1. The Balaban J connectivity index is 1.56. The van der Waals surface area contributed by atoms with Gasteiger partial charge >= 0.3 is 0 Å². The quantitative estimate of drug-likeness (QED) is 0.662. The topological polar surface area (TPSA) is 92.6 Å². The summed E-state index contributed by atoms with van der Waals surface area (Å²) in [4.78, 5) is 36.9. The second kappa shape index (κ2) is 7.99. The van der Waals surface area contributed by atoms with Crippen molar-refractivity contribution in [2.24, 2.45) is 5.92 Å². The van der Waals surface area contributed by atoms with E-state index in [1.54, 1.807) is 4.90 Å². The molecule has 1 aliphatic heterocycles. The van der Waals surface area contributed by atoms with Crippen molar-refractivity contribution in [2.45, 2.75) is 19.8 Å². The number of aryl methyl sites for hydroxylation is 1. The number of rotatable bonds is 4. The molecule has 7 heteroatoms. The first-order valence-electron chi connectivity index (χ1n) is 8.86. The zero-order chi connectivity index (χ0) is 19.4. The Morgan fingerprint density at radius 2 is 1.70 bits per heavy atom. The molecule has 1 fully saturated rings. The molecule has 0 radical (unpaired) electrons. The molecule has 2 amide bonds. The van der Waals surface area contributed by atoms with Crippen molar-refractivity contribution in [3.05, 3.63) is 69.8 Å². The molecule has 0 atom stereocenters. The number of hydrogen-bond acceptors (Lipinski definition) is 4. The van der Waals surface area contributed by atoms with Crippen molar-refractivity contribution in [1.29, 1.82) is 0 Å².